The van der Waals surface area contributed by atoms with Crippen LogP contribution in [-0.4, -0.2) is 0 Å². The standard InChI is InChI=1S/C14H14.C13H12.C3H8.4C2H6/c1-3-7-13(8-4-1)11-12-14-9-5-2-6-10-14;1-3-7-12(8-4-1)11-13-9-5-2-6-10-13;1-3-2;4*1-2/h1-10H,11-12H2;1-10H,11H2;3H2,1-2H3;4*1-2H3. The third kappa shape index (κ3) is 23.3. The Labute approximate surface area is 238 Å². The maximum atomic E-state index is 2.18. The Morgan fingerprint density at radius 2 is 0.500 bits per heavy atom. The number of benzene rings is 4. The molecule has 0 atom stereocenters. The molecule has 0 nitrogen and oxygen atoms in total. The molecule has 0 amide bonds. The molecule has 0 heteroatoms. The first kappa shape index (κ1) is 39.4. The van der Waals surface area contributed by atoms with Crippen LogP contribution in [0.4, 0.5) is 0 Å². The maximum absolute atomic E-state index is 2.18. The second kappa shape index (κ2) is 33.9. The van der Waals surface area contributed by atoms with Crippen molar-refractivity contribution in [3.8, 4) is 0 Å². The fourth-order valence-corrected chi connectivity index (χ4v) is 3.01. The number of aryl methyl sites for hydroxylation is 2. The van der Waals surface area contributed by atoms with Crippen LogP contribution in [0.3, 0.4) is 0 Å². The van der Waals surface area contributed by atoms with E-state index in [2.05, 4.69) is 135 Å². The zero-order valence-electron chi connectivity index (χ0n) is 26.4. The lowest BCUT2D eigenvalue weighted by molar-refractivity contribution is 0.960. The van der Waals surface area contributed by atoms with Crippen molar-refractivity contribution in [2.45, 2.75) is 94.9 Å². The van der Waals surface area contributed by atoms with Gasteiger partial charge in [0, 0.05) is 0 Å². The topological polar surface area (TPSA) is 0 Å². The van der Waals surface area contributed by atoms with E-state index in [1.807, 2.05) is 55.4 Å². The van der Waals surface area contributed by atoms with Crippen molar-refractivity contribution in [2.24, 2.45) is 0 Å². The summed E-state index contributed by atoms with van der Waals surface area (Å²) < 4.78 is 0. The van der Waals surface area contributed by atoms with Crippen LogP contribution >= 0.6 is 0 Å². The predicted octanol–water partition coefficient (Wildman–Crippen LogP) is 12.3. The normalized spacial score (nSPS) is 8.16. The molecule has 0 spiro atoms. The number of rotatable bonds is 5. The molecular formula is C38H58. The zero-order valence-corrected chi connectivity index (χ0v) is 26.4. The van der Waals surface area contributed by atoms with Gasteiger partial charge in [-0.1, -0.05) is 197 Å². The van der Waals surface area contributed by atoms with Crippen LogP contribution in [0.1, 0.15) is 97.9 Å². The van der Waals surface area contributed by atoms with E-state index in [9.17, 15) is 0 Å². The average molecular weight is 515 g/mol. The minimum atomic E-state index is 1.03. The van der Waals surface area contributed by atoms with Crippen molar-refractivity contribution < 1.29 is 0 Å². The second-order valence-electron chi connectivity index (χ2n) is 7.33. The summed E-state index contributed by atoms with van der Waals surface area (Å²) in [6.07, 6.45) is 4.54. The molecule has 0 aliphatic rings. The van der Waals surface area contributed by atoms with Crippen LogP contribution in [-0.2, 0) is 19.3 Å². The van der Waals surface area contributed by atoms with Gasteiger partial charge in [0.05, 0.1) is 0 Å². The minimum absolute atomic E-state index is 1.03. The molecule has 0 N–H and O–H groups in total. The van der Waals surface area contributed by atoms with Gasteiger partial charge in [-0.05, 0) is 41.5 Å². The Balaban J connectivity index is -0.000000474. The minimum Gasteiger partial charge on any atom is -0.0683 e. The summed E-state index contributed by atoms with van der Waals surface area (Å²) in [5, 5.41) is 0. The predicted molar refractivity (Wildman–Crippen MR) is 177 cm³/mol. The Hall–Kier alpha value is -3.12. The molecule has 0 radical (unpaired) electrons. The molecule has 4 rings (SSSR count). The van der Waals surface area contributed by atoms with Gasteiger partial charge in [-0.3, -0.25) is 0 Å². The lowest BCUT2D eigenvalue weighted by Crippen LogP contribution is -1.89. The first-order valence-corrected chi connectivity index (χ1v) is 15.0. The van der Waals surface area contributed by atoms with E-state index in [1.54, 1.807) is 0 Å². The summed E-state index contributed by atoms with van der Waals surface area (Å²) in [7, 11) is 0. The van der Waals surface area contributed by atoms with Gasteiger partial charge in [-0.15, -0.1) is 0 Å². The largest absolute Gasteiger partial charge is 0.0683 e. The number of hydrogen-bond acceptors (Lipinski definition) is 0. The molecule has 0 saturated carbocycles. The Kier molecular flexibility index (Phi) is 35.1. The quantitative estimate of drug-likeness (QED) is 0.248. The summed E-state index contributed by atoms with van der Waals surface area (Å²) in [6.45, 7) is 20.2. The highest BCUT2D eigenvalue weighted by molar-refractivity contribution is 5.25. The monoisotopic (exact) mass is 514 g/mol. The molecule has 4 aromatic carbocycles. The molecule has 0 unspecified atom stereocenters. The molecular weight excluding hydrogens is 456 g/mol. The SMILES string of the molecule is CC.CC.CC.CC.CCC.c1ccc(CCc2ccccc2)cc1.c1ccc(Cc2ccccc2)cc1. The summed E-state index contributed by atoms with van der Waals surface area (Å²) in [5.41, 5.74) is 5.56. The highest BCUT2D eigenvalue weighted by Gasteiger charge is 1.94. The molecule has 38 heavy (non-hydrogen) atoms. The van der Waals surface area contributed by atoms with Crippen molar-refractivity contribution in [3.05, 3.63) is 144 Å². The summed E-state index contributed by atoms with van der Waals surface area (Å²) >= 11 is 0. The van der Waals surface area contributed by atoms with Gasteiger partial charge in [0.25, 0.3) is 0 Å². The third-order valence-corrected chi connectivity index (χ3v) is 4.48. The molecule has 0 aromatic heterocycles. The smallest absolute Gasteiger partial charge is 0.00258 e. The van der Waals surface area contributed by atoms with Crippen LogP contribution in [0.5, 0.6) is 0 Å². The molecule has 4 aromatic rings. The highest BCUT2D eigenvalue weighted by atomic mass is 14.0. The van der Waals surface area contributed by atoms with Crippen LogP contribution < -0.4 is 0 Å². The highest BCUT2D eigenvalue weighted by Crippen LogP contribution is 2.08. The van der Waals surface area contributed by atoms with Crippen molar-refractivity contribution >= 4 is 0 Å². The molecule has 0 aliphatic heterocycles. The van der Waals surface area contributed by atoms with Crippen molar-refractivity contribution in [1.82, 2.24) is 0 Å². The molecule has 210 valence electrons. The first-order valence-electron chi connectivity index (χ1n) is 15.0. The van der Waals surface area contributed by atoms with Gasteiger partial charge in [0.15, 0.2) is 0 Å². The lowest BCUT2D eigenvalue weighted by Gasteiger charge is -2.01. The third-order valence-electron chi connectivity index (χ3n) is 4.48. The van der Waals surface area contributed by atoms with E-state index in [4.69, 9.17) is 0 Å². The van der Waals surface area contributed by atoms with Crippen LogP contribution in [0.15, 0.2) is 121 Å². The number of hydrogen-bond donors (Lipinski definition) is 0. The Bertz CT molecular complexity index is 805. The summed E-state index contributed by atoms with van der Waals surface area (Å²) in [6, 6.07) is 42.3. The van der Waals surface area contributed by atoms with E-state index in [0.29, 0.717) is 0 Å². The van der Waals surface area contributed by atoms with Gasteiger partial charge in [0.2, 0.25) is 0 Å². The molecule has 0 saturated heterocycles. The van der Waals surface area contributed by atoms with E-state index >= 15 is 0 Å². The van der Waals surface area contributed by atoms with Gasteiger partial charge < -0.3 is 0 Å². The molecule has 0 bridgehead atoms. The molecule has 0 aliphatic carbocycles. The van der Waals surface area contributed by atoms with Gasteiger partial charge in [-0.25, -0.2) is 0 Å². The molecule has 0 heterocycles. The summed E-state index contributed by atoms with van der Waals surface area (Å²) in [5.74, 6) is 0. The fraction of sp³-hybridized carbons (Fsp3) is 0.368. The van der Waals surface area contributed by atoms with E-state index in [1.165, 1.54) is 28.7 Å². The second-order valence-corrected chi connectivity index (χ2v) is 7.33. The lowest BCUT2D eigenvalue weighted by atomic mass is 10.0. The van der Waals surface area contributed by atoms with Crippen LogP contribution in [0, 0.1) is 0 Å². The maximum Gasteiger partial charge on any atom is -0.00258 e. The Morgan fingerprint density at radius 3 is 0.711 bits per heavy atom. The van der Waals surface area contributed by atoms with Crippen molar-refractivity contribution in [3.63, 3.8) is 0 Å². The van der Waals surface area contributed by atoms with E-state index in [0.717, 1.165) is 19.3 Å². The first-order chi connectivity index (χ1) is 18.8. The molecule has 0 fully saturated rings. The van der Waals surface area contributed by atoms with Crippen molar-refractivity contribution in [1.29, 1.82) is 0 Å². The summed E-state index contributed by atoms with van der Waals surface area (Å²) in [4.78, 5) is 0. The zero-order chi connectivity index (χ0) is 29.3. The van der Waals surface area contributed by atoms with E-state index < -0.39 is 0 Å². The fourth-order valence-electron chi connectivity index (χ4n) is 3.01. The van der Waals surface area contributed by atoms with Crippen molar-refractivity contribution in [2.75, 3.05) is 0 Å². The van der Waals surface area contributed by atoms with Gasteiger partial charge >= 0.3 is 0 Å². The van der Waals surface area contributed by atoms with Crippen LogP contribution in [0.25, 0.3) is 0 Å². The average Bonchev–Trinajstić information content (AvgIpc) is 3.03. The van der Waals surface area contributed by atoms with Gasteiger partial charge in [-0.2, -0.15) is 0 Å². The van der Waals surface area contributed by atoms with Crippen LogP contribution in [0.2, 0.25) is 0 Å². The Morgan fingerprint density at radius 1 is 0.316 bits per heavy atom. The van der Waals surface area contributed by atoms with E-state index in [-0.39, 0.29) is 0 Å². The van der Waals surface area contributed by atoms with Gasteiger partial charge in [0.1, 0.15) is 0 Å².